The van der Waals surface area contributed by atoms with Gasteiger partial charge in [-0.05, 0) is 18.8 Å². The molecule has 3 N–H and O–H groups in total. The van der Waals surface area contributed by atoms with Crippen molar-refractivity contribution in [3.63, 3.8) is 0 Å². The van der Waals surface area contributed by atoms with Crippen LogP contribution in [0.5, 0.6) is 0 Å². The van der Waals surface area contributed by atoms with E-state index >= 15 is 0 Å². The van der Waals surface area contributed by atoms with Gasteiger partial charge in [0.25, 0.3) is 0 Å². The molecule has 1 atom stereocenters. The number of anilines is 2. The summed E-state index contributed by atoms with van der Waals surface area (Å²) in [7, 11) is 1.66. The number of hydrogen-bond acceptors (Lipinski definition) is 6. The number of ether oxygens (including phenoxy) is 1. The maximum absolute atomic E-state index is 9.15. The van der Waals surface area contributed by atoms with Crippen LogP contribution in [0.2, 0.25) is 0 Å². The van der Waals surface area contributed by atoms with Crippen molar-refractivity contribution in [2.24, 2.45) is 0 Å². The molecule has 120 valence electrons. The number of methoxy groups -OCH3 is 1. The van der Waals surface area contributed by atoms with Crippen molar-refractivity contribution in [1.82, 2.24) is 9.97 Å². The number of aromatic nitrogens is 2. The Balaban J connectivity index is 2.98. The van der Waals surface area contributed by atoms with Gasteiger partial charge >= 0.3 is 0 Å². The third-order valence-corrected chi connectivity index (χ3v) is 3.19. The molecule has 0 saturated heterocycles. The Morgan fingerprint density at radius 2 is 2.00 bits per heavy atom. The van der Waals surface area contributed by atoms with E-state index in [2.05, 4.69) is 41.4 Å². The van der Waals surface area contributed by atoms with Crippen molar-refractivity contribution < 1.29 is 9.84 Å². The number of aliphatic hydroxyl groups is 1. The number of hydrogen-bond donors (Lipinski definition) is 3. The Bertz CT molecular complexity index is 407. The minimum atomic E-state index is 0.0337. The Labute approximate surface area is 127 Å². The molecule has 6 heteroatoms. The highest BCUT2D eigenvalue weighted by Crippen LogP contribution is 2.28. The predicted molar refractivity (Wildman–Crippen MR) is 85.9 cm³/mol. The smallest absolute Gasteiger partial charge is 0.135 e. The van der Waals surface area contributed by atoms with Gasteiger partial charge in [0.1, 0.15) is 18.0 Å². The standard InChI is InChI=1S/C15H28N4O2/c1-5-7-16-14-13(11(2)3)15(18-10-17-14)19-12(6-8-20)9-21-4/h10-12,20H,5-9H2,1-4H3,(H2,16,17,18,19). The zero-order chi connectivity index (χ0) is 15.7. The van der Waals surface area contributed by atoms with Gasteiger partial charge in [-0.1, -0.05) is 20.8 Å². The first-order valence-electron chi connectivity index (χ1n) is 7.59. The Kier molecular flexibility index (Phi) is 8.00. The molecule has 0 radical (unpaired) electrons. The summed E-state index contributed by atoms with van der Waals surface area (Å²) >= 11 is 0. The molecule has 0 saturated carbocycles. The van der Waals surface area contributed by atoms with Gasteiger partial charge in [0.05, 0.1) is 12.6 Å². The van der Waals surface area contributed by atoms with Crippen LogP contribution in [0.3, 0.4) is 0 Å². The summed E-state index contributed by atoms with van der Waals surface area (Å²) in [6.07, 6.45) is 3.23. The zero-order valence-corrected chi connectivity index (χ0v) is 13.5. The summed E-state index contributed by atoms with van der Waals surface area (Å²) in [5.41, 5.74) is 1.07. The van der Waals surface area contributed by atoms with Crippen LogP contribution in [0.15, 0.2) is 6.33 Å². The van der Waals surface area contributed by atoms with Gasteiger partial charge in [-0.15, -0.1) is 0 Å². The highest BCUT2D eigenvalue weighted by molar-refractivity contribution is 5.59. The molecule has 0 bridgehead atoms. The van der Waals surface area contributed by atoms with Gasteiger partial charge in [0.15, 0.2) is 0 Å². The summed E-state index contributed by atoms with van der Waals surface area (Å²) in [5.74, 6) is 1.99. The van der Waals surface area contributed by atoms with E-state index < -0.39 is 0 Å². The molecule has 0 fully saturated rings. The van der Waals surface area contributed by atoms with Crippen LogP contribution < -0.4 is 10.6 Å². The quantitative estimate of drug-likeness (QED) is 0.614. The third kappa shape index (κ3) is 5.47. The maximum Gasteiger partial charge on any atom is 0.135 e. The van der Waals surface area contributed by atoms with Crippen molar-refractivity contribution in [2.45, 2.75) is 45.6 Å². The predicted octanol–water partition coefficient (Wildman–Crippen LogP) is 2.23. The lowest BCUT2D eigenvalue weighted by Crippen LogP contribution is -2.27. The normalized spacial score (nSPS) is 12.5. The number of rotatable bonds is 10. The van der Waals surface area contributed by atoms with E-state index in [0.29, 0.717) is 18.9 Å². The molecule has 1 heterocycles. The van der Waals surface area contributed by atoms with E-state index in [0.717, 1.165) is 30.2 Å². The third-order valence-electron chi connectivity index (χ3n) is 3.19. The van der Waals surface area contributed by atoms with Crippen LogP contribution >= 0.6 is 0 Å². The Hall–Kier alpha value is -1.40. The fraction of sp³-hybridized carbons (Fsp3) is 0.733. The largest absolute Gasteiger partial charge is 0.396 e. The van der Waals surface area contributed by atoms with Gasteiger partial charge < -0.3 is 20.5 Å². The SMILES string of the molecule is CCCNc1ncnc(NC(CCO)COC)c1C(C)C. The lowest BCUT2D eigenvalue weighted by molar-refractivity contribution is 0.170. The lowest BCUT2D eigenvalue weighted by atomic mass is 10.0. The molecule has 6 nitrogen and oxygen atoms in total. The number of aliphatic hydroxyl groups excluding tert-OH is 1. The fourth-order valence-corrected chi connectivity index (χ4v) is 2.19. The molecule has 0 aliphatic rings. The van der Waals surface area contributed by atoms with Gasteiger partial charge in [0, 0.05) is 25.8 Å². The molecule has 1 rings (SSSR count). The maximum atomic E-state index is 9.15. The summed E-state index contributed by atoms with van der Waals surface area (Å²) < 4.78 is 5.19. The number of nitrogens with zero attached hydrogens (tertiary/aromatic N) is 2. The van der Waals surface area contributed by atoms with E-state index in [1.807, 2.05) is 0 Å². The van der Waals surface area contributed by atoms with Crippen LogP contribution in [-0.2, 0) is 4.74 Å². The highest BCUT2D eigenvalue weighted by atomic mass is 16.5. The first-order chi connectivity index (χ1) is 10.1. The summed E-state index contributed by atoms with van der Waals surface area (Å²) in [6, 6.07) is 0.0337. The van der Waals surface area contributed by atoms with Gasteiger partial charge in [-0.3, -0.25) is 0 Å². The molecule has 0 aromatic carbocycles. The van der Waals surface area contributed by atoms with Crippen molar-refractivity contribution in [2.75, 3.05) is 37.5 Å². The zero-order valence-electron chi connectivity index (χ0n) is 13.5. The van der Waals surface area contributed by atoms with Crippen LogP contribution in [0, 0.1) is 0 Å². The molecule has 0 spiro atoms. The van der Waals surface area contributed by atoms with Crippen molar-refractivity contribution in [3.8, 4) is 0 Å². The molecule has 1 aromatic rings. The van der Waals surface area contributed by atoms with E-state index in [9.17, 15) is 0 Å². The van der Waals surface area contributed by atoms with Gasteiger partial charge in [0.2, 0.25) is 0 Å². The molecule has 0 aliphatic heterocycles. The second kappa shape index (κ2) is 9.52. The molecule has 0 aliphatic carbocycles. The minimum absolute atomic E-state index is 0.0337. The second-order valence-corrected chi connectivity index (χ2v) is 5.37. The van der Waals surface area contributed by atoms with E-state index in [-0.39, 0.29) is 12.6 Å². The van der Waals surface area contributed by atoms with Crippen molar-refractivity contribution in [3.05, 3.63) is 11.9 Å². The Morgan fingerprint density at radius 3 is 2.57 bits per heavy atom. The van der Waals surface area contributed by atoms with Crippen LogP contribution in [-0.4, -0.2) is 48.0 Å². The summed E-state index contributed by atoms with van der Waals surface area (Å²) in [4.78, 5) is 8.73. The molecule has 0 amide bonds. The first-order valence-corrected chi connectivity index (χ1v) is 7.59. The van der Waals surface area contributed by atoms with Gasteiger partial charge in [-0.2, -0.15) is 0 Å². The monoisotopic (exact) mass is 296 g/mol. The van der Waals surface area contributed by atoms with Crippen LogP contribution in [0.1, 0.15) is 45.1 Å². The molecule has 21 heavy (non-hydrogen) atoms. The van der Waals surface area contributed by atoms with Crippen LogP contribution in [0.4, 0.5) is 11.6 Å². The van der Waals surface area contributed by atoms with Crippen molar-refractivity contribution in [1.29, 1.82) is 0 Å². The van der Waals surface area contributed by atoms with E-state index in [1.165, 1.54) is 0 Å². The topological polar surface area (TPSA) is 79.3 Å². The average molecular weight is 296 g/mol. The van der Waals surface area contributed by atoms with E-state index in [4.69, 9.17) is 9.84 Å². The summed E-state index contributed by atoms with van der Waals surface area (Å²) in [5, 5.41) is 15.9. The highest BCUT2D eigenvalue weighted by Gasteiger charge is 2.17. The minimum Gasteiger partial charge on any atom is -0.396 e. The molecular weight excluding hydrogens is 268 g/mol. The van der Waals surface area contributed by atoms with Gasteiger partial charge in [-0.25, -0.2) is 9.97 Å². The average Bonchev–Trinajstić information content (AvgIpc) is 2.45. The number of nitrogens with one attached hydrogen (secondary N) is 2. The van der Waals surface area contributed by atoms with E-state index in [1.54, 1.807) is 13.4 Å². The van der Waals surface area contributed by atoms with Crippen molar-refractivity contribution >= 4 is 11.6 Å². The second-order valence-electron chi connectivity index (χ2n) is 5.37. The fourth-order valence-electron chi connectivity index (χ4n) is 2.19. The first kappa shape index (κ1) is 17.7. The molecule has 1 aromatic heterocycles. The van der Waals surface area contributed by atoms with Crippen LogP contribution in [0.25, 0.3) is 0 Å². The summed E-state index contributed by atoms with van der Waals surface area (Å²) in [6.45, 7) is 7.90. The molecule has 1 unspecified atom stereocenters. The lowest BCUT2D eigenvalue weighted by Gasteiger charge is -2.22. The molecular formula is C15H28N4O2. The Morgan fingerprint density at radius 1 is 1.29 bits per heavy atom.